The van der Waals surface area contributed by atoms with Gasteiger partial charge in [0.1, 0.15) is 0 Å². The zero-order valence-electron chi connectivity index (χ0n) is 15.7. The number of amides is 1. The van der Waals surface area contributed by atoms with E-state index in [1.807, 2.05) is 24.3 Å². The highest BCUT2D eigenvalue weighted by Crippen LogP contribution is 2.25. The fraction of sp³-hybridized carbons (Fsp3) is 0.333. The predicted molar refractivity (Wildman–Crippen MR) is 110 cm³/mol. The highest BCUT2D eigenvalue weighted by molar-refractivity contribution is 6.30. The molecule has 0 bridgehead atoms. The molecular formula is C21H24ClN3O2. The summed E-state index contributed by atoms with van der Waals surface area (Å²) in [6.07, 6.45) is 0. The molecule has 1 aliphatic heterocycles. The molecule has 0 atom stereocenters. The average Bonchev–Trinajstić information content (AvgIpc) is 2.64. The summed E-state index contributed by atoms with van der Waals surface area (Å²) >= 11 is 6.13. The van der Waals surface area contributed by atoms with Crippen LogP contribution in [0, 0.1) is 6.92 Å². The van der Waals surface area contributed by atoms with Gasteiger partial charge in [0.25, 0.3) is 0 Å². The Hall–Kier alpha value is -2.37. The monoisotopic (exact) mass is 385 g/mol. The van der Waals surface area contributed by atoms with E-state index in [9.17, 15) is 9.59 Å². The van der Waals surface area contributed by atoms with E-state index in [1.54, 1.807) is 18.2 Å². The van der Waals surface area contributed by atoms with Gasteiger partial charge in [-0.25, -0.2) is 0 Å². The van der Waals surface area contributed by atoms with E-state index in [2.05, 4.69) is 22.0 Å². The number of benzene rings is 2. The molecule has 1 amide bonds. The lowest BCUT2D eigenvalue weighted by Gasteiger charge is -2.36. The number of rotatable bonds is 5. The number of anilines is 2. The van der Waals surface area contributed by atoms with Crippen molar-refractivity contribution in [2.75, 3.05) is 42.9 Å². The van der Waals surface area contributed by atoms with Crippen molar-refractivity contribution in [2.45, 2.75) is 13.8 Å². The molecule has 5 nitrogen and oxygen atoms in total. The van der Waals surface area contributed by atoms with Crippen LogP contribution in [0.15, 0.2) is 42.5 Å². The molecule has 1 N–H and O–H groups in total. The molecule has 2 aromatic rings. The fourth-order valence-corrected chi connectivity index (χ4v) is 3.53. The standard InChI is InChI=1S/C21H24ClN3O2/c1-15-7-8-17(22)13-20(15)25-11-9-24(10-12-25)14-21(27)23-19-6-4-3-5-18(19)16(2)26/h3-8,13H,9-12,14H2,1-2H3,(H,23,27). The maximum atomic E-state index is 12.4. The van der Waals surface area contributed by atoms with Gasteiger partial charge in [0, 0.05) is 42.5 Å². The van der Waals surface area contributed by atoms with E-state index in [0.717, 1.165) is 36.9 Å². The van der Waals surface area contributed by atoms with Crippen LogP contribution in [-0.2, 0) is 4.79 Å². The third kappa shape index (κ3) is 4.87. The number of piperazine rings is 1. The zero-order chi connectivity index (χ0) is 19.4. The first kappa shape index (κ1) is 19.4. The molecule has 1 fully saturated rings. The fourth-order valence-electron chi connectivity index (χ4n) is 3.36. The molecule has 6 heteroatoms. The van der Waals surface area contributed by atoms with Crippen molar-refractivity contribution in [3.05, 3.63) is 58.6 Å². The summed E-state index contributed by atoms with van der Waals surface area (Å²) in [4.78, 5) is 28.5. The number of carbonyl (C=O) groups excluding carboxylic acids is 2. The number of hydrogen-bond donors (Lipinski definition) is 1. The van der Waals surface area contributed by atoms with Crippen molar-refractivity contribution in [2.24, 2.45) is 0 Å². The molecule has 0 spiro atoms. The molecular weight excluding hydrogens is 362 g/mol. The minimum absolute atomic E-state index is 0.0589. The summed E-state index contributed by atoms with van der Waals surface area (Å²) in [7, 11) is 0. The quantitative estimate of drug-likeness (QED) is 0.799. The largest absolute Gasteiger partial charge is 0.369 e. The van der Waals surface area contributed by atoms with Crippen LogP contribution >= 0.6 is 11.6 Å². The third-order valence-electron chi connectivity index (χ3n) is 4.83. The molecule has 1 saturated heterocycles. The topological polar surface area (TPSA) is 52.7 Å². The molecule has 0 saturated carbocycles. The Bertz CT molecular complexity index is 845. The van der Waals surface area contributed by atoms with Gasteiger partial charge in [0.15, 0.2) is 5.78 Å². The number of nitrogens with zero attached hydrogens (tertiary/aromatic N) is 2. The molecule has 1 heterocycles. The second-order valence-electron chi connectivity index (χ2n) is 6.84. The summed E-state index contributed by atoms with van der Waals surface area (Å²) in [5, 5.41) is 3.60. The molecule has 142 valence electrons. The highest BCUT2D eigenvalue weighted by atomic mass is 35.5. The Morgan fingerprint density at radius 3 is 2.48 bits per heavy atom. The molecule has 1 aliphatic rings. The normalized spacial score (nSPS) is 14.9. The Balaban J connectivity index is 1.56. The Morgan fingerprint density at radius 1 is 1.07 bits per heavy atom. The number of carbonyl (C=O) groups is 2. The van der Waals surface area contributed by atoms with E-state index >= 15 is 0 Å². The smallest absolute Gasteiger partial charge is 0.238 e. The lowest BCUT2D eigenvalue weighted by atomic mass is 10.1. The Kier molecular flexibility index (Phi) is 6.14. The SMILES string of the molecule is CC(=O)c1ccccc1NC(=O)CN1CCN(c2cc(Cl)ccc2C)CC1. The van der Waals surface area contributed by atoms with Crippen molar-refractivity contribution < 1.29 is 9.59 Å². The summed E-state index contributed by atoms with van der Waals surface area (Å²) in [5.41, 5.74) is 3.46. The van der Waals surface area contributed by atoms with Crippen molar-refractivity contribution in [1.82, 2.24) is 4.90 Å². The van der Waals surface area contributed by atoms with E-state index in [-0.39, 0.29) is 11.7 Å². The second kappa shape index (κ2) is 8.55. The van der Waals surface area contributed by atoms with Gasteiger partial charge in [-0.3, -0.25) is 14.5 Å². The van der Waals surface area contributed by atoms with Gasteiger partial charge in [0.05, 0.1) is 12.2 Å². The lowest BCUT2D eigenvalue weighted by Crippen LogP contribution is -2.48. The number of Topliss-reactive ketones (excluding diaryl/α,β-unsaturated/α-hetero) is 1. The third-order valence-corrected chi connectivity index (χ3v) is 5.07. The molecule has 3 rings (SSSR count). The van der Waals surface area contributed by atoms with Gasteiger partial charge in [0.2, 0.25) is 5.91 Å². The molecule has 27 heavy (non-hydrogen) atoms. The van der Waals surface area contributed by atoms with Gasteiger partial charge in [-0.15, -0.1) is 0 Å². The van der Waals surface area contributed by atoms with Crippen molar-refractivity contribution in [3.63, 3.8) is 0 Å². The van der Waals surface area contributed by atoms with Gasteiger partial charge >= 0.3 is 0 Å². The zero-order valence-corrected chi connectivity index (χ0v) is 16.4. The first-order chi connectivity index (χ1) is 12.9. The maximum Gasteiger partial charge on any atom is 0.238 e. The second-order valence-corrected chi connectivity index (χ2v) is 7.28. The predicted octanol–water partition coefficient (Wildman–Crippen LogP) is 3.61. The first-order valence-corrected chi connectivity index (χ1v) is 9.45. The van der Waals surface area contributed by atoms with E-state index in [4.69, 9.17) is 11.6 Å². The number of halogens is 1. The van der Waals surface area contributed by atoms with Crippen molar-refractivity contribution >= 4 is 34.7 Å². The first-order valence-electron chi connectivity index (χ1n) is 9.07. The number of nitrogens with one attached hydrogen (secondary N) is 1. The summed E-state index contributed by atoms with van der Waals surface area (Å²) in [6.45, 7) is 7.19. The maximum absolute atomic E-state index is 12.4. The van der Waals surface area contributed by atoms with Crippen LogP contribution in [0.3, 0.4) is 0 Å². The van der Waals surface area contributed by atoms with Gasteiger partial charge < -0.3 is 10.2 Å². The molecule has 0 aliphatic carbocycles. The van der Waals surface area contributed by atoms with E-state index in [0.29, 0.717) is 17.8 Å². The minimum atomic E-state index is -0.101. The summed E-state index contributed by atoms with van der Waals surface area (Å²) in [6, 6.07) is 13.0. The van der Waals surface area contributed by atoms with Crippen LogP contribution in [0.5, 0.6) is 0 Å². The molecule has 0 radical (unpaired) electrons. The van der Waals surface area contributed by atoms with Crippen molar-refractivity contribution in [3.8, 4) is 0 Å². The lowest BCUT2D eigenvalue weighted by molar-refractivity contribution is -0.117. The Labute approximate surface area is 164 Å². The molecule has 2 aromatic carbocycles. The van der Waals surface area contributed by atoms with Gasteiger partial charge in [-0.2, -0.15) is 0 Å². The van der Waals surface area contributed by atoms with E-state index < -0.39 is 0 Å². The van der Waals surface area contributed by atoms with Crippen LogP contribution < -0.4 is 10.2 Å². The van der Waals surface area contributed by atoms with Crippen LogP contribution in [0.4, 0.5) is 11.4 Å². The van der Waals surface area contributed by atoms with Crippen LogP contribution in [-0.4, -0.2) is 49.3 Å². The van der Waals surface area contributed by atoms with Crippen LogP contribution in [0.25, 0.3) is 0 Å². The van der Waals surface area contributed by atoms with Crippen LogP contribution in [0.2, 0.25) is 5.02 Å². The van der Waals surface area contributed by atoms with Crippen molar-refractivity contribution in [1.29, 1.82) is 0 Å². The minimum Gasteiger partial charge on any atom is -0.369 e. The van der Waals surface area contributed by atoms with Crippen LogP contribution in [0.1, 0.15) is 22.8 Å². The average molecular weight is 386 g/mol. The Morgan fingerprint density at radius 2 is 1.78 bits per heavy atom. The molecule has 0 unspecified atom stereocenters. The van der Waals surface area contributed by atoms with E-state index in [1.165, 1.54) is 12.5 Å². The number of para-hydroxylation sites is 1. The highest BCUT2D eigenvalue weighted by Gasteiger charge is 2.21. The number of ketones is 1. The number of hydrogen-bond acceptors (Lipinski definition) is 4. The van der Waals surface area contributed by atoms with Gasteiger partial charge in [-0.05, 0) is 43.7 Å². The summed E-state index contributed by atoms with van der Waals surface area (Å²) in [5.74, 6) is -0.160. The summed E-state index contributed by atoms with van der Waals surface area (Å²) < 4.78 is 0. The van der Waals surface area contributed by atoms with Gasteiger partial charge in [-0.1, -0.05) is 29.8 Å². The number of aryl methyl sites for hydroxylation is 1. The molecule has 0 aromatic heterocycles.